The molecule has 1 fully saturated rings. The number of benzene rings is 1. The fourth-order valence-corrected chi connectivity index (χ4v) is 2.01. The van der Waals surface area contributed by atoms with Crippen molar-refractivity contribution in [2.24, 2.45) is 5.92 Å². The van der Waals surface area contributed by atoms with Crippen molar-refractivity contribution in [3.05, 3.63) is 24.3 Å². The first-order valence-electron chi connectivity index (χ1n) is 6.43. The molecule has 0 saturated heterocycles. The second kappa shape index (κ2) is 6.43. The van der Waals surface area contributed by atoms with Crippen LogP contribution in [0.5, 0.6) is 0 Å². The molecular formula is C14H20N2O3. The first-order chi connectivity index (χ1) is 9.22. The van der Waals surface area contributed by atoms with Crippen LogP contribution >= 0.6 is 0 Å². The van der Waals surface area contributed by atoms with Gasteiger partial charge in [0.1, 0.15) is 0 Å². The molecule has 1 unspecified atom stereocenters. The zero-order valence-corrected chi connectivity index (χ0v) is 11.3. The summed E-state index contributed by atoms with van der Waals surface area (Å²) in [6, 6.07) is 7.93. The van der Waals surface area contributed by atoms with E-state index in [9.17, 15) is 4.79 Å². The molecule has 0 radical (unpaired) electrons. The van der Waals surface area contributed by atoms with E-state index in [1.807, 2.05) is 24.3 Å². The molecular weight excluding hydrogens is 244 g/mol. The highest BCUT2D eigenvalue weighted by Gasteiger charge is 2.30. The minimum atomic E-state index is -0.462. The number of methoxy groups -OCH3 is 2. The van der Waals surface area contributed by atoms with Gasteiger partial charge in [0.25, 0.3) is 0 Å². The highest BCUT2D eigenvalue weighted by Crippen LogP contribution is 2.34. The molecule has 2 N–H and O–H groups in total. The van der Waals surface area contributed by atoms with Crippen LogP contribution in [0.3, 0.4) is 0 Å². The summed E-state index contributed by atoms with van der Waals surface area (Å²) in [4.78, 5) is 11.1. The van der Waals surface area contributed by atoms with Gasteiger partial charge in [0.05, 0.1) is 19.8 Å². The topological polar surface area (TPSA) is 59.6 Å². The van der Waals surface area contributed by atoms with Crippen molar-refractivity contribution in [3.63, 3.8) is 0 Å². The van der Waals surface area contributed by atoms with E-state index in [2.05, 4.69) is 15.4 Å². The van der Waals surface area contributed by atoms with Gasteiger partial charge in [-0.25, -0.2) is 4.79 Å². The van der Waals surface area contributed by atoms with Crippen molar-refractivity contribution in [1.29, 1.82) is 0 Å². The third kappa shape index (κ3) is 4.13. The summed E-state index contributed by atoms with van der Waals surface area (Å²) in [5.41, 5.74) is 1.75. The van der Waals surface area contributed by atoms with E-state index in [4.69, 9.17) is 4.74 Å². The Morgan fingerprint density at radius 2 is 1.89 bits per heavy atom. The fraction of sp³-hybridized carbons (Fsp3) is 0.500. The van der Waals surface area contributed by atoms with Crippen LogP contribution in [0.1, 0.15) is 12.8 Å². The Bertz CT molecular complexity index is 415. The number of rotatable bonds is 6. The van der Waals surface area contributed by atoms with Crippen LogP contribution in [0.4, 0.5) is 16.2 Å². The maximum absolute atomic E-state index is 11.1. The summed E-state index contributed by atoms with van der Waals surface area (Å²) >= 11 is 0. The van der Waals surface area contributed by atoms with Crippen molar-refractivity contribution < 1.29 is 14.3 Å². The SMILES string of the molecule is COCC(Nc1ccc(NC(=O)OC)cc1)C1CC1. The zero-order chi connectivity index (χ0) is 13.7. The van der Waals surface area contributed by atoms with Crippen molar-refractivity contribution in [2.45, 2.75) is 18.9 Å². The number of hydrogen-bond acceptors (Lipinski definition) is 4. The first kappa shape index (κ1) is 13.7. The van der Waals surface area contributed by atoms with E-state index in [1.165, 1.54) is 20.0 Å². The van der Waals surface area contributed by atoms with Crippen molar-refractivity contribution in [3.8, 4) is 0 Å². The van der Waals surface area contributed by atoms with E-state index in [-0.39, 0.29) is 0 Å². The molecule has 0 heterocycles. The average Bonchev–Trinajstić information content (AvgIpc) is 3.24. The van der Waals surface area contributed by atoms with Crippen LogP contribution < -0.4 is 10.6 Å². The standard InChI is InChI=1S/C14H20N2O3/c1-18-9-13(10-3-4-10)15-11-5-7-12(8-6-11)16-14(17)19-2/h5-8,10,13,15H,3-4,9H2,1-2H3,(H,16,17). The summed E-state index contributed by atoms with van der Waals surface area (Å²) in [5.74, 6) is 0.716. The third-order valence-corrected chi connectivity index (χ3v) is 3.21. The molecule has 1 aliphatic carbocycles. The normalized spacial score (nSPS) is 15.7. The lowest BCUT2D eigenvalue weighted by Crippen LogP contribution is -2.27. The molecule has 1 aromatic carbocycles. The van der Waals surface area contributed by atoms with E-state index < -0.39 is 6.09 Å². The lowest BCUT2D eigenvalue weighted by atomic mass is 10.2. The number of nitrogens with one attached hydrogen (secondary N) is 2. The van der Waals surface area contributed by atoms with Crippen molar-refractivity contribution in [1.82, 2.24) is 0 Å². The predicted molar refractivity (Wildman–Crippen MR) is 74.5 cm³/mol. The van der Waals surface area contributed by atoms with E-state index in [1.54, 1.807) is 7.11 Å². The van der Waals surface area contributed by atoms with Crippen molar-refractivity contribution in [2.75, 3.05) is 31.5 Å². The van der Waals surface area contributed by atoms with Gasteiger partial charge in [0.15, 0.2) is 0 Å². The van der Waals surface area contributed by atoms with Crippen LogP contribution in [0.15, 0.2) is 24.3 Å². The minimum Gasteiger partial charge on any atom is -0.453 e. The molecule has 0 spiro atoms. The zero-order valence-electron chi connectivity index (χ0n) is 11.3. The quantitative estimate of drug-likeness (QED) is 0.829. The fourth-order valence-electron chi connectivity index (χ4n) is 2.01. The lowest BCUT2D eigenvalue weighted by Gasteiger charge is -2.18. The van der Waals surface area contributed by atoms with Gasteiger partial charge in [-0.05, 0) is 43.0 Å². The second-order valence-corrected chi connectivity index (χ2v) is 4.74. The highest BCUT2D eigenvalue weighted by atomic mass is 16.5. The van der Waals surface area contributed by atoms with Gasteiger partial charge in [-0.15, -0.1) is 0 Å². The van der Waals surface area contributed by atoms with Gasteiger partial charge in [-0.1, -0.05) is 0 Å². The van der Waals surface area contributed by atoms with Crippen LogP contribution in [-0.4, -0.2) is 33.0 Å². The number of carbonyl (C=O) groups excluding carboxylic acids is 1. The summed E-state index contributed by atoms with van der Waals surface area (Å²) in [7, 11) is 3.07. The van der Waals surface area contributed by atoms with Crippen LogP contribution in [0.25, 0.3) is 0 Å². The first-order valence-corrected chi connectivity index (χ1v) is 6.43. The molecule has 1 amide bonds. The molecule has 0 aliphatic heterocycles. The molecule has 5 nitrogen and oxygen atoms in total. The molecule has 1 saturated carbocycles. The third-order valence-electron chi connectivity index (χ3n) is 3.21. The van der Waals surface area contributed by atoms with Crippen molar-refractivity contribution >= 4 is 17.5 Å². The molecule has 1 atom stereocenters. The Hall–Kier alpha value is -1.75. The molecule has 0 bridgehead atoms. The monoisotopic (exact) mass is 264 g/mol. The van der Waals surface area contributed by atoms with E-state index >= 15 is 0 Å². The van der Waals surface area contributed by atoms with Gasteiger partial charge in [0, 0.05) is 18.5 Å². The smallest absolute Gasteiger partial charge is 0.411 e. The van der Waals surface area contributed by atoms with Gasteiger partial charge in [-0.3, -0.25) is 5.32 Å². The van der Waals surface area contributed by atoms with Gasteiger partial charge < -0.3 is 14.8 Å². The summed E-state index contributed by atoms with van der Waals surface area (Å²) < 4.78 is 9.77. The predicted octanol–water partition coefficient (Wildman–Crippen LogP) is 2.70. The summed E-state index contributed by atoms with van der Waals surface area (Å²) in [5, 5.41) is 6.09. The Morgan fingerprint density at radius 1 is 1.26 bits per heavy atom. The number of anilines is 2. The number of amides is 1. The van der Waals surface area contributed by atoms with Crippen LogP contribution in [-0.2, 0) is 9.47 Å². The van der Waals surface area contributed by atoms with Gasteiger partial charge in [-0.2, -0.15) is 0 Å². The number of ether oxygens (including phenoxy) is 2. The minimum absolute atomic E-state index is 0.365. The summed E-state index contributed by atoms with van der Waals surface area (Å²) in [6.45, 7) is 0.715. The maximum Gasteiger partial charge on any atom is 0.411 e. The molecule has 5 heteroatoms. The maximum atomic E-state index is 11.1. The lowest BCUT2D eigenvalue weighted by molar-refractivity contribution is 0.179. The van der Waals surface area contributed by atoms with Gasteiger partial charge >= 0.3 is 6.09 Å². The van der Waals surface area contributed by atoms with Crippen LogP contribution in [0, 0.1) is 5.92 Å². The highest BCUT2D eigenvalue weighted by molar-refractivity contribution is 5.84. The molecule has 1 aliphatic rings. The second-order valence-electron chi connectivity index (χ2n) is 4.74. The Labute approximate surface area is 113 Å². The van der Waals surface area contributed by atoms with E-state index in [0.29, 0.717) is 24.3 Å². The largest absolute Gasteiger partial charge is 0.453 e. The van der Waals surface area contributed by atoms with E-state index in [0.717, 1.165) is 5.69 Å². The number of carbonyl (C=O) groups is 1. The molecule has 1 aromatic rings. The molecule has 2 rings (SSSR count). The Balaban J connectivity index is 1.91. The molecule has 19 heavy (non-hydrogen) atoms. The number of hydrogen-bond donors (Lipinski definition) is 2. The molecule has 104 valence electrons. The Morgan fingerprint density at radius 3 is 2.42 bits per heavy atom. The molecule has 0 aromatic heterocycles. The Kier molecular flexibility index (Phi) is 4.63. The van der Waals surface area contributed by atoms with Gasteiger partial charge in [0.2, 0.25) is 0 Å². The average molecular weight is 264 g/mol. The van der Waals surface area contributed by atoms with Crippen LogP contribution in [0.2, 0.25) is 0 Å². The summed E-state index contributed by atoms with van der Waals surface area (Å²) in [6.07, 6.45) is 2.07.